The van der Waals surface area contributed by atoms with Gasteiger partial charge in [0.25, 0.3) is 11.6 Å². The third-order valence-corrected chi connectivity index (χ3v) is 5.87. The van der Waals surface area contributed by atoms with Crippen LogP contribution < -0.4 is 10.1 Å². The zero-order chi connectivity index (χ0) is 25.8. The zero-order valence-electron chi connectivity index (χ0n) is 20.0. The maximum Gasteiger partial charge on any atom is 0.270 e. The van der Waals surface area contributed by atoms with E-state index in [4.69, 9.17) is 4.74 Å². The lowest BCUT2D eigenvalue weighted by Crippen LogP contribution is -2.23. The van der Waals surface area contributed by atoms with Gasteiger partial charge in [0.1, 0.15) is 5.75 Å². The monoisotopic (exact) mass is 493 g/mol. The third-order valence-electron chi connectivity index (χ3n) is 5.87. The fraction of sp³-hybridized carbons (Fsp3) is 0.107. The molecule has 0 aliphatic carbocycles. The highest BCUT2D eigenvalue weighted by molar-refractivity contribution is 6.11. The van der Waals surface area contributed by atoms with Crippen LogP contribution in [0.3, 0.4) is 0 Å². The first kappa shape index (κ1) is 23.7. The Morgan fingerprint density at radius 2 is 1.78 bits per heavy atom. The molecule has 0 saturated heterocycles. The summed E-state index contributed by atoms with van der Waals surface area (Å²) in [4.78, 5) is 29.1. The predicted molar refractivity (Wildman–Crippen MR) is 140 cm³/mol. The molecule has 5 rings (SSSR count). The number of rotatable bonds is 8. The number of pyridine rings is 1. The van der Waals surface area contributed by atoms with Crippen molar-refractivity contribution in [1.29, 1.82) is 0 Å². The van der Waals surface area contributed by atoms with E-state index in [2.05, 4.69) is 20.5 Å². The third kappa shape index (κ3) is 5.01. The molecule has 0 unspecified atom stereocenters. The number of nitrogens with one attached hydrogen (secondary N) is 2. The molecule has 0 aliphatic rings. The standard InChI is InChI=1S/C28H23N5O4/c1-2-37-22-13-11-19(12-14-22)24-16-23(28(34)29-17-18-7-4-3-5-8-18)25-26(31-32-27(25)30-24)20-9-6-10-21(15-20)33(35)36/h3-16H,2,17H2,1H3,(H,29,34)(H,30,31,32). The maximum atomic E-state index is 13.5. The first-order chi connectivity index (χ1) is 18.0. The van der Waals surface area contributed by atoms with Gasteiger partial charge in [0.2, 0.25) is 0 Å². The molecule has 0 bridgehead atoms. The van der Waals surface area contributed by atoms with E-state index in [1.807, 2.05) is 61.5 Å². The second kappa shape index (κ2) is 10.3. The summed E-state index contributed by atoms with van der Waals surface area (Å²) in [6.45, 7) is 2.81. The summed E-state index contributed by atoms with van der Waals surface area (Å²) in [5, 5.41) is 22.1. The number of carbonyl (C=O) groups excluding carboxylic acids is 1. The average molecular weight is 494 g/mol. The number of ether oxygens (including phenoxy) is 1. The molecule has 0 spiro atoms. The zero-order valence-corrected chi connectivity index (χ0v) is 20.0. The Morgan fingerprint density at radius 3 is 2.51 bits per heavy atom. The highest BCUT2D eigenvalue weighted by Gasteiger charge is 2.21. The van der Waals surface area contributed by atoms with Crippen molar-refractivity contribution in [2.75, 3.05) is 6.61 Å². The minimum Gasteiger partial charge on any atom is -0.494 e. The van der Waals surface area contributed by atoms with E-state index in [9.17, 15) is 14.9 Å². The van der Waals surface area contributed by atoms with Crippen LogP contribution in [0.1, 0.15) is 22.8 Å². The summed E-state index contributed by atoms with van der Waals surface area (Å²) >= 11 is 0. The maximum absolute atomic E-state index is 13.5. The van der Waals surface area contributed by atoms with Gasteiger partial charge in [-0.15, -0.1) is 0 Å². The van der Waals surface area contributed by atoms with E-state index >= 15 is 0 Å². The van der Waals surface area contributed by atoms with E-state index in [0.29, 0.717) is 46.7 Å². The minimum atomic E-state index is -0.461. The number of H-pyrrole nitrogens is 1. The Labute approximate surface area is 212 Å². The lowest BCUT2D eigenvalue weighted by molar-refractivity contribution is -0.384. The summed E-state index contributed by atoms with van der Waals surface area (Å²) in [5.74, 6) is 0.428. The molecule has 0 radical (unpaired) electrons. The van der Waals surface area contributed by atoms with E-state index in [-0.39, 0.29) is 11.6 Å². The van der Waals surface area contributed by atoms with Crippen molar-refractivity contribution in [3.05, 3.63) is 106 Å². The molecule has 37 heavy (non-hydrogen) atoms. The molecular formula is C28H23N5O4. The van der Waals surface area contributed by atoms with Crippen LogP contribution in [0.25, 0.3) is 33.5 Å². The van der Waals surface area contributed by atoms with Crippen LogP contribution in [-0.2, 0) is 6.54 Å². The number of nitro benzene ring substituents is 1. The fourth-order valence-electron chi connectivity index (χ4n) is 4.10. The minimum absolute atomic E-state index is 0.0608. The van der Waals surface area contributed by atoms with Crippen molar-refractivity contribution in [3.8, 4) is 28.3 Å². The van der Waals surface area contributed by atoms with E-state index in [1.54, 1.807) is 18.2 Å². The first-order valence-corrected chi connectivity index (χ1v) is 11.7. The molecule has 0 aliphatic heterocycles. The predicted octanol–water partition coefficient (Wildman–Crippen LogP) is 5.53. The molecule has 184 valence electrons. The summed E-state index contributed by atoms with van der Waals surface area (Å²) in [6, 6.07) is 24.9. The van der Waals surface area contributed by atoms with Crippen molar-refractivity contribution in [3.63, 3.8) is 0 Å². The molecule has 2 heterocycles. The summed E-state index contributed by atoms with van der Waals surface area (Å²) in [6.07, 6.45) is 0. The van der Waals surface area contributed by atoms with E-state index < -0.39 is 4.92 Å². The molecule has 2 N–H and O–H groups in total. The van der Waals surface area contributed by atoms with Crippen LogP contribution >= 0.6 is 0 Å². The lowest BCUT2D eigenvalue weighted by atomic mass is 10.0. The number of hydrogen-bond donors (Lipinski definition) is 2. The molecule has 5 aromatic rings. The Balaban J connectivity index is 1.61. The number of amides is 1. The molecule has 0 saturated carbocycles. The molecule has 9 nitrogen and oxygen atoms in total. The lowest BCUT2D eigenvalue weighted by Gasteiger charge is -2.10. The molecule has 3 aromatic carbocycles. The van der Waals surface area contributed by atoms with Gasteiger partial charge in [0, 0.05) is 29.8 Å². The molecule has 0 atom stereocenters. The smallest absolute Gasteiger partial charge is 0.270 e. The summed E-state index contributed by atoms with van der Waals surface area (Å²) < 4.78 is 5.53. The highest BCUT2D eigenvalue weighted by Crippen LogP contribution is 2.33. The van der Waals surface area contributed by atoms with Gasteiger partial charge in [-0.1, -0.05) is 42.5 Å². The number of aromatic nitrogens is 3. The van der Waals surface area contributed by atoms with E-state index in [0.717, 1.165) is 16.9 Å². The first-order valence-electron chi connectivity index (χ1n) is 11.7. The van der Waals surface area contributed by atoms with Crippen LogP contribution in [0.5, 0.6) is 5.75 Å². The van der Waals surface area contributed by atoms with Crippen LogP contribution in [-0.4, -0.2) is 32.6 Å². The van der Waals surface area contributed by atoms with Gasteiger partial charge >= 0.3 is 0 Å². The summed E-state index contributed by atoms with van der Waals surface area (Å²) in [5.41, 5.74) is 3.96. The number of hydrogen-bond acceptors (Lipinski definition) is 6. The Hall–Kier alpha value is -5.05. The number of fused-ring (bicyclic) bond motifs is 1. The molecular weight excluding hydrogens is 470 g/mol. The normalized spacial score (nSPS) is 10.8. The van der Waals surface area contributed by atoms with Gasteiger partial charge in [-0.05, 0) is 42.8 Å². The van der Waals surface area contributed by atoms with Gasteiger partial charge in [0.15, 0.2) is 5.65 Å². The topological polar surface area (TPSA) is 123 Å². The van der Waals surface area contributed by atoms with Crippen LogP contribution in [0.2, 0.25) is 0 Å². The largest absolute Gasteiger partial charge is 0.494 e. The van der Waals surface area contributed by atoms with E-state index in [1.165, 1.54) is 12.1 Å². The van der Waals surface area contributed by atoms with Gasteiger partial charge < -0.3 is 10.1 Å². The summed E-state index contributed by atoms with van der Waals surface area (Å²) in [7, 11) is 0. The van der Waals surface area contributed by atoms with Crippen LogP contribution in [0.15, 0.2) is 84.9 Å². The fourth-order valence-corrected chi connectivity index (χ4v) is 4.10. The van der Waals surface area contributed by atoms with Crippen molar-refractivity contribution in [2.45, 2.75) is 13.5 Å². The average Bonchev–Trinajstić information content (AvgIpc) is 3.36. The Morgan fingerprint density at radius 1 is 1.00 bits per heavy atom. The van der Waals surface area contributed by atoms with Gasteiger partial charge in [-0.25, -0.2) is 4.98 Å². The molecule has 1 amide bonds. The number of benzene rings is 3. The molecule has 0 fully saturated rings. The van der Waals surface area contributed by atoms with Crippen molar-refractivity contribution in [2.24, 2.45) is 0 Å². The number of nitrogens with zero attached hydrogens (tertiary/aromatic N) is 3. The number of nitro groups is 1. The Bertz CT molecular complexity index is 1580. The van der Waals surface area contributed by atoms with Crippen LogP contribution in [0, 0.1) is 10.1 Å². The van der Waals surface area contributed by atoms with Crippen LogP contribution in [0.4, 0.5) is 5.69 Å². The molecule has 9 heteroatoms. The number of non-ortho nitro benzene ring substituents is 1. The van der Waals surface area contributed by atoms with Gasteiger partial charge in [0.05, 0.1) is 33.9 Å². The quantitative estimate of drug-likeness (QED) is 0.216. The highest BCUT2D eigenvalue weighted by atomic mass is 16.6. The molecule has 2 aromatic heterocycles. The van der Waals surface area contributed by atoms with Crippen molar-refractivity contribution < 1.29 is 14.5 Å². The van der Waals surface area contributed by atoms with Gasteiger partial charge in [-0.3, -0.25) is 20.0 Å². The van der Waals surface area contributed by atoms with Crippen molar-refractivity contribution >= 4 is 22.6 Å². The SMILES string of the molecule is CCOc1ccc(-c2cc(C(=O)NCc3ccccc3)c3c(-c4cccc([N+](=O)[O-])c4)[nH]nc3n2)cc1. The Kier molecular flexibility index (Phi) is 6.58. The van der Waals surface area contributed by atoms with Gasteiger partial charge in [-0.2, -0.15) is 5.10 Å². The number of carbonyl (C=O) groups is 1. The van der Waals surface area contributed by atoms with Crippen molar-refractivity contribution in [1.82, 2.24) is 20.5 Å². The second-order valence-electron chi connectivity index (χ2n) is 8.29. The second-order valence-corrected chi connectivity index (χ2v) is 8.29. The number of aromatic amines is 1.